The summed E-state index contributed by atoms with van der Waals surface area (Å²) in [6, 6.07) is 0. The molecule has 0 rings (SSSR count). The van der Waals surface area contributed by atoms with Crippen molar-refractivity contribution >= 4 is 39.5 Å². The molecule has 0 saturated carbocycles. The molecule has 6 atom stereocenters. The third-order valence-electron chi connectivity index (χ3n) is 19.3. The lowest BCUT2D eigenvalue weighted by atomic mass is 9.99. The van der Waals surface area contributed by atoms with Gasteiger partial charge in [-0.3, -0.25) is 37.3 Å². The lowest BCUT2D eigenvalue weighted by Crippen LogP contribution is -2.30. The predicted molar refractivity (Wildman–Crippen MR) is 409 cm³/mol. The second-order valence-electron chi connectivity index (χ2n) is 29.9. The van der Waals surface area contributed by atoms with E-state index in [9.17, 15) is 43.2 Å². The van der Waals surface area contributed by atoms with Gasteiger partial charge in [-0.05, 0) is 37.5 Å². The lowest BCUT2D eigenvalue weighted by Gasteiger charge is -2.21. The van der Waals surface area contributed by atoms with Crippen LogP contribution in [0.5, 0.6) is 0 Å². The molecule has 0 aliphatic rings. The van der Waals surface area contributed by atoms with Crippen molar-refractivity contribution in [3.05, 3.63) is 0 Å². The van der Waals surface area contributed by atoms with E-state index in [0.29, 0.717) is 25.7 Å². The Bertz CT molecular complexity index is 1930. The Kier molecular flexibility index (Phi) is 71.2. The van der Waals surface area contributed by atoms with Gasteiger partial charge in [0.25, 0.3) is 0 Å². The van der Waals surface area contributed by atoms with E-state index in [-0.39, 0.29) is 25.7 Å². The van der Waals surface area contributed by atoms with Crippen LogP contribution in [0.25, 0.3) is 0 Å². The Labute approximate surface area is 613 Å². The highest BCUT2D eigenvalue weighted by Gasteiger charge is 2.30. The zero-order valence-corrected chi connectivity index (χ0v) is 67.3. The fourth-order valence-electron chi connectivity index (χ4n) is 12.5. The molecular weight excluding hydrogens is 1310 g/mol. The molecule has 0 bridgehead atoms. The van der Waals surface area contributed by atoms with Crippen molar-refractivity contribution in [2.24, 2.45) is 11.8 Å². The molecule has 0 aromatic rings. The smallest absolute Gasteiger partial charge is 0.462 e. The maximum atomic E-state index is 13.1. The number of carbonyl (C=O) groups excluding carboxylic acids is 4. The Hall–Kier alpha value is -1.94. The van der Waals surface area contributed by atoms with E-state index in [2.05, 4.69) is 41.5 Å². The second-order valence-corrected chi connectivity index (χ2v) is 32.8. The van der Waals surface area contributed by atoms with Gasteiger partial charge >= 0.3 is 39.5 Å². The molecule has 19 heteroatoms. The van der Waals surface area contributed by atoms with Crippen molar-refractivity contribution in [2.75, 3.05) is 39.6 Å². The summed E-state index contributed by atoms with van der Waals surface area (Å²) in [6.45, 7) is 9.59. The number of hydrogen-bond acceptors (Lipinski definition) is 15. The number of unbranched alkanes of at least 4 members (excludes halogenated alkanes) is 49. The number of rotatable bonds is 80. The van der Waals surface area contributed by atoms with Crippen molar-refractivity contribution in [3.8, 4) is 0 Å². The molecule has 0 amide bonds. The van der Waals surface area contributed by atoms with Crippen LogP contribution in [0.2, 0.25) is 0 Å². The van der Waals surface area contributed by atoms with E-state index in [1.165, 1.54) is 238 Å². The highest BCUT2D eigenvalue weighted by Crippen LogP contribution is 2.45. The van der Waals surface area contributed by atoms with Gasteiger partial charge in [-0.15, -0.1) is 0 Å². The second kappa shape index (κ2) is 72.6. The third-order valence-corrected chi connectivity index (χ3v) is 21.2. The first-order valence-electron chi connectivity index (χ1n) is 42.0. The standard InChI is InChI=1S/C81H158O17P2/c1-7-10-12-14-15-16-17-18-19-20-21-22-26-29-32-35-41-46-52-58-64-79(84)92-70-77(98-81(86)65-59-53-47-42-36-33-30-27-24-23-25-28-31-34-40-45-51-56-62-74(6)9-3)72-96-100(89,90)94-68-75(82)67-93-99(87,88)95-71-76(69-91-78(83)63-57-49-13-11-8-2)97-80(85)66-60-54-48-43-38-37-39-44-50-55-61-73(4)5/h73-77,82H,7-72H2,1-6H3,(H,87,88)(H,89,90)/t74?,75-,76+,77+/m0/s1. The molecule has 594 valence electrons. The van der Waals surface area contributed by atoms with Crippen LogP contribution in [0, 0.1) is 11.8 Å². The Morgan fingerprint density at radius 1 is 0.290 bits per heavy atom. The quantitative estimate of drug-likeness (QED) is 0.0222. The van der Waals surface area contributed by atoms with Crippen LogP contribution >= 0.6 is 15.6 Å². The SMILES string of the molecule is CCCCCCCCCCCCCCCCCCCCCCC(=O)OC[C@H](COP(=O)(O)OC[C@@H](O)COP(=O)(O)OC[C@@H](COC(=O)CCCCCCC)OC(=O)CCCCCCCCCCCCC(C)C)OC(=O)CCCCCCCCCCCCCCCCCCCCC(C)CC. The van der Waals surface area contributed by atoms with Gasteiger partial charge in [-0.1, -0.05) is 375 Å². The van der Waals surface area contributed by atoms with Crippen molar-refractivity contribution < 1.29 is 80.2 Å². The number of aliphatic hydroxyl groups excluding tert-OH is 1. The Morgan fingerprint density at radius 2 is 0.510 bits per heavy atom. The number of phosphoric ester groups is 2. The molecule has 0 radical (unpaired) electrons. The van der Waals surface area contributed by atoms with E-state index in [1.807, 2.05) is 0 Å². The molecule has 17 nitrogen and oxygen atoms in total. The maximum absolute atomic E-state index is 13.1. The van der Waals surface area contributed by atoms with Gasteiger partial charge < -0.3 is 33.8 Å². The normalized spacial score (nSPS) is 14.2. The monoisotopic (exact) mass is 1470 g/mol. The lowest BCUT2D eigenvalue weighted by molar-refractivity contribution is -0.161. The van der Waals surface area contributed by atoms with Crippen LogP contribution < -0.4 is 0 Å². The van der Waals surface area contributed by atoms with Gasteiger partial charge in [-0.2, -0.15) is 0 Å². The highest BCUT2D eigenvalue weighted by molar-refractivity contribution is 7.47. The summed E-state index contributed by atoms with van der Waals surface area (Å²) in [7, 11) is -9.91. The average Bonchev–Trinajstić information content (AvgIpc) is 0.924. The number of carbonyl (C=O) groups is 4. The van der Waals surface area contributed by atoms with Gasteiger partial charge in [0.2, 0.25) is 0 Å². The minimum absolute atomic E-state index is 0.105. The van der Waals surface area contributed by atoms with Crippen LogP contribution in [0.15, 0.2) is 0 Å². The average molecular weight is 1470 g/mol. The van der Waals surface area contributed by atoms with Gasteiger partial charge in [0.05, 0.1) is 26.4 Å². The summed E-state index contributed by atoms with van der Waals surface area (Å²) >= 11 is 0. The fraction of sp³-hybridized carbons (Fsp3) is 0.951. The first kappa shape index (κ1) is 98.1. The fourth-order valence-corrected chi connectivity index (χ4v) is 14.1. The van der Waals surface area contributed by atoms with E-state index < -0.39 is 97.5 Å². The largest absolute Gasteiger partial charge is 0.472 e. The van der Waals surface area contributed by atoms with E-state index >= 15 is 0 Å². The van der Waals surface area contributed by atoms with Gasteiger partial charge in [-0.25, -0.2) is 9.13 Å². The molecule has 3 unspecified atom stereocenters. The minimum atomic E-state index is -4.96. The van der Waals surface area contributed by atoms with Gasteiger partial charge in [0.1, 0.15) is 19.3 Å². The van der Waals surface area contributed by atoms with Crippen molar-refractivity contribution in [1.82, 2.24) is 0 Å². The molecule has 100 heavy (non-hydrogen) atoms. The number of aliphatic hydroxyl groups is 1. The first-order valence-corrected chi connectivity index (χ1v) is 45.0. The summed E-state index contributed by atoms with van der Waals surface area (Å²) in [5, 5.41) is 10.6. The molecule has 0 spiro atoms. The number of esters is 4. The van der Waals surface area contributed by atoms with Crippen molar-refractivity contribution in [2.45, 2.75) is 445 Å². The minimum Gasteiger partial charge on any atom is -0.462 e. The summed E-state index contributed by atoms with van der Waals surface area (Å²) in [5.41, 5.74) is 0. The summed E-state index contributed by atoms with van der Waals surface area (Å²) < 4.78 is 68.4. The van der Waals surface area contributed by atoms with E-state index in [1.54, 1.807) is 0 Å². The summed E-state index contributed by atoms with van der Waals surface area (Å²) in [6.07, 6.45) is 63.0. The van der Waals surface area contributed by atoms with E-state index in [0.717, 1.165) is 108 Å². The topological polar surface area (TPSA) is 237 Å². The molecule has 3 N–H and O–H groups in total. The molecule has 0 aliphatic heterocycles. The zero-order chi connectivity index (χ0) is 73.5. The number of hydrogen-bond donors (Lipinski definition) is 3. The molecule has 0 fully saturated rings. The molecule has 0 aromatic carbocycles. The predicted octanol–water partition coefficient (Wildman–Crippen LogP) is 24.3. The summed E-state index contributed by atoms with van der Waals surface area (Å²) in [5.74, 6) is -0.499. The number of ether oxygens (including phenoxy) is 4. The Morgan fingerprint density at radius 3 is 0.760 bits per heavy atom. The molecular formula is C81H158O17P2. The zero-order valence-electron chi connectivity index (χ0n) is 65.5. The van der Waals surface area contributed by atoms with E-state index in [4.69, 9.17) is 37.0 Å². The summed E-state index contributed by atoms with van der Waals surface area (Å²) in [4.78, 5) is 72.7. The molecule has 0 heterocycles. The van der Waals surface area contributed by atoms with Crippen LogP contribution in [-0.4, -0.2) is 96.7 Å². The van der Waals surface area contributed by atoms with Crippen LogP contribution in [0.3, 0.4) is 0 Å². The van der Waals surface area contributed by atoms with Gasteiger partial charge in [0, 0.05) is 25.7 Å². The highest BCUT2D eigenvalue weighted by atomic mass is 31.2. The maximum Gasteiger partial charge on any atom is 0.472 e. The van der Waals surface area contributed by atoms with Crippen LogP contribution in [0.1, 0.15) is 427 Å². The first-order chi connectivity index (χ1) is 48.4. The van der Waals surface area contributed by atoms with Crippen molar-refractivity contribution in [1.29, 1.82) is 0 Å². The Balaban J connectivity index is 5.11. The third kappa shape index (κ3) is 73.0. The molecule has 0 aliphatic carbocycles. The molecule has 0 saturated heterocycles. The van der Waals surface area contributed by atoms with Crippen molar-refractivity contribution in [3.63, 3.8) is 0 Å². The molecule has 0 aromatic heterocycles. The van der Waals surface area contributed by atoms with Crippen LogP contribution in [0.4, 0.5) is 0 Å². The number of phosphoric acid groups is 2. The van der Waals surface area contributed by atoms with Crippen LogP contribution in [-0.2, 0) is 65.4 Å². The van der Waals surface area contributed by atoms with Gasteiger partial charge in [0.15, 0.2) is 12.2 Å².